The zero-order chi connectivity index (χ0) is 16.0. The maximum absolute atomic E-state index is 12.5. The molecular formula is C15H21F3N2O. The molecule has 21 heavy (non-hydrogen) atoms. The SMILES string of the molecule is CCN(CC(=O)NC(C)C)Cc1ccc(C(F)(F)F)cc1. The smallest absolute Gasteiger partial charge is 0.353 e. The highest BCUT2D eigenvalue weighted by molar-refractivity contribution is 5.78. The van der Waals surface area contributed by atoms with Crippen LogP contribution in [0.4, 0.5) is 13.2 Å². The van der Waals surface area contributed by atoms with Crippen LogP contribution in [-0.4, -0.2) is 29.9 Å². The van der Waals surface area contributed by atoms with Crippen LogP contribution in [0.3, 0.4) is 0 Å². The van der Waals surface area contributed by atoms with Crippen LogP contribution in [-0.2, 0) is 17.5 Å². The lowest BCUT2D eigenvalue weighted by Gasteiger charge is -2.21. The summed E-state index contributed by atoms with van der Waals surface area (Å²) in [7, 11) is 0. The maximum atomic E-state index is 12.5. The fourth-order valence-electron chi connectivity index (χ4n) is 1.91. The summed E-state index contributed by atoms with van der Waals surface area (Å²) < 4.78 is 37.4. The number of rotatable bonds is 6. The molecule has 0 aliphatic heterocycles. The zero-order valence-electron chi connectivity index (χ0n) is 12.5. The van der Waals surface area contributed by atoms with Gasteiger partial charge in [-0.1, -0.05) is 19.1 Å². The van der Waals surface area contributed by atoms with Gasteiger partial charge in [-0.25, -0.2) is 0 Å². The minimum Gasteiger partial charge on any atom is -0.353 e. The molecule has 0 bridgehead atoms. The van der Waals surface area contributed by atoms with Gasteiger partial charge in [0, 0.05) is 12.6 Å². The minimum absolute atomic E-state index is 0.0716. The van der Waals surface area contributed by atoms with Crippen LogP contribution >= 0.6 is 0 Å². The number of nitrogens with zero attached hydrogens (tertiary/aromatic N) is 1. The zero-order valence-corrected chi connectivity index (χ0v) is 12.5. The van der Waals surface area contributed by atoms with Crippen molar-refractivity contribution in [1.82, 2.24) is 10.2 Å². The highest BCUT2D eigenvalue weighted by atomic mass is 19.4. The number of benzene rings is 1. The summed E-state index contributed by atoms with van der Waals surface area (Å²) >= 11 is 0. The third-order valence-corrected chi connectivity index (χ3v) is 2.95. The lowest BCUT2D eigenvalue weighted by molar-refractivity contribution is -0.137. The Morgan fingerprint density at radius 2 is 1.81 bits per heavy atom. The summed E-state index contributed by atoms with van der Waals surface area (Å²) in [6, 6.07) is 5.11. The maximum Gasteiger partial charge on any atom is 0.416 e. The van der Waals surface area contributed by atoms with E-state index in [2.05, 4.69) is 5.32 Å². The molecule has 0 saturated heterocycles. The lowest BCUT2D eigenvalue weighted by Crippen LogP contribution is -2.39. The van der Waals surface area contributed by atoms with Gasteiger partial charge >= 0.3 is 6.18 Å². The van der Waals surface area contributed by atoms with Crippen LogP contribution in [0.2, 0.25) is 0 Å². The largest absolute Gasteiger partial charge is 0.416 e. The number of amides is 1. The van der Waals surface area contributed by atoms with Crippen LogP contribution in [0.5, 0.6) is 0 Å². The molecule has 1 amide bonds. The molecule has 0 aromatic heterocycles. The molecule has 0 fully saturated rings. The van der Waals surface area contributed by atoms with Crippen LogP contribution in [0.1, 0.15) is 31.9 Å². The molecular weight excluding hydrogens is 281 g/mol. The number of likely N-dealkylation sites (N-methyl/N-ethyl adjacent to an activating group) is 1. The van der Waals surface area contributed by atoms with E-state index >= 15 is 0 Å². The Labute approximate surface area is 123 Å². The molecule has 0 atom stereocenters. The number of hydrogen-bond acceptors (Lipinski definition) is 2. The quantitative estimate of drug-likeness (QED) is 0.876. The molecule has 0 aliphatic rings. The lowest BCUT2D eigenvalue weighted by atomic mass is 10.1. The van der Waals surface area contributed by atoms with Gasteiger partial charge in [0.15, 0.2) is 0 Å². The fraction of sp³-hybridized carbons (Fsp3) is 0.533. The molecule has 0 spiro atoms. The van der Waals surface area contributed by atoms with Gasteiger partial charge < -0.3 is 5.32 Å². The van der Waals surface area contributed by atoms with E-state index in [0.717, 1.165) is 17.7 Å². The van der Waals surface area contributed by atoms with Gasteiger partial charge in [0.05, 0.1) is 12.1 Å². The molecule has 0 heterocycles. The van der Waals surface area contributed by atoms with Gasteiger partial charge in [0.25, 0.3) is 0 Å². The highest BCUT2D eigenvalue weighted by Crippen LogP contribution is 2.29. The number of carbonyl (C=O) groups is 1. The molecule has 1 N–H and O–H groups in total. The van der Waals surface area contributed by atoms with Crippen LogP contribution in [0.15, 0.2) is 24.3 Å². The second-order valence-electron chi connectivity index (χ2n) is 5.22. The monoisotopic (exact) mass is 302 g/mol. The summed E-state index contributed by atoms with van der Waals surface area (Å²) in [6.45, 7) is 6.99. The van der Waals surface area contributed by atoms with Gasteiger partial charge in [-0.05, 0) is 38.1 Å². The third-order valence-electron chi connectivity index (χ3n) is 2.95. The van der Waals surface area contributed by atoms with Crippen molar-refractivity contribution in [1.29, 1.82) is 0 Å². The molecule has 0 saturated carbocycles. The normalized spacial score (nSPS) is 12.0. The van der Waals surface area contributed by atoms with E-state index in [-0.39, 0.29) is 18.5 Å². The van der Waals surface area contributed by atoms with Gasteiger partial charge in [-0.15, -0.1) is 0 Å². The molecule has 6 heteroatoms. The Balaban J connectivity index is 2.63. The van der Waals surface area contributed by atoms with Crippen molar-refractivity contribution in [3.05, 3.63) is 35.4 Å². The van der Waals surface area contributed by atoms with Gasteiger partial charge in [0.1, 0.15) is 0 Å². The van der Waals surface area contributed by atoms with E-state index in [1.807, 2.05) is 25.7 Å². The molecule has 1 rings (SSSR count). The van der Waals surface area contributed by atoms with E-state index < -0.39 is 11.7 Å². The first-order valence-corrected chi connectivity index (χ1v) is 6.90. The van der Waals surface area contributed by atoms with Gasteiger partial charge in [-0.3, -0.25) is 9.69 Å². The Bertz CT molecular complexity index is 455. The molecule has 0 unspecified atom stereocenters. The number of carbonyl (C=O) groups excluding carboxylic acids is 1. The first-order valence-electron chi connectivity index (χ1n) is 6.90. The fourth-order valence-corrected chi connectivity index (χ4v) is 1.91. The number of hydrogen-bond donors (Lipinski definition) is 1. The van der Waals surface area contributed by atoms with Crippen molar-refractivity contribution in [3.8, 4) is 0 Å². The van der Waals surface area contributed by atoms with E-state index in [1.165, 1.54) is 12.1 Å². The first-order chi connectivity index (χ1) is 9.72. The number of nitrogens with one attached hydrogen (secondary N) is 1. The predicted molar refractivity (Wildman–Crippen MR) is 75.7 cm³/mol. The second-order valence-corrected chi connectivity index (χ2v) is 5.22. The minimum atomic E-state index is -4.32. The summed E-state index contributed by atoms with van der Waals surface area (Å²) in [5.41, 5.74) is 0.0917. The average Bonchev–Trinajstić information content (AvgIpc) is 2.36. The Hall–Kier alpha value is -1.56. The molecule has 118 valence electrons. The second kappa shape index (κ2) is 7.45. The summed E-state index contributed by atoms with van der Waals surface area (Å²) in [5.74, 6) is -0.0845. The van der Waals surface area contributed by atoms with Gasteiger partial charge in [-0.2, -0.15) is 13.2 Å². The van der Waals surface area contributed by atoms with Gasteiger partial charge in [0.2, 0.25) is 5.91 Å². The molecule has 1 aromatic carbocycles. The summed E-state index contributed by atoms with van der Waals surface area (Å²) in [6.07, 6.45) is -4.32. The average molecular weight is 302 g/mol. The van der Waals surface area contributed by atoms with Crippen molar-refractivity contribution in [2.75, 3.05) is 13.1 Å². The Morgan fingerprint density at radius 3 is 2.24 bits per heavy atom. The van der Waals surface area contributed by atoms with Crippen LogP contribution in [0.25, 0.3) is 0 Å². The van der Waals surface area contributed by atoms with E-state index in [4.69, 9.17) is 0 Å². The predicted octanol–water partition coefficient (Wildman–Crippen LogP) is 3.05. The van der Waals surface area contributed by atoms with Crippen molar-refractivity contribution in [2.45, 2.75) is 39.5 Å². The van der Waals surface area contributed by atoms with E-state index in [0.29, 0.717) is 13.1 Å². The van der Waals surface area contributed by atoms with E-state index in [1.54, 1.807) is 0 Å². The van der Waals surface area contributed by atoms with Crippen molar-refractivity contribution >= 4 is 5.91 Å². The molecule has 3 nitrogen and oxygen atoms in total. The third kappa shape index (κ3) is 6.16. The van der Waals surface area contributed by atoms with Crippen LogP contribution in [0, 0.1) is 0 Å². The number of alkyl halides is 3. The molecule has 0 radical (unpaired) electrons. The Morgan fingerprint density at radius 1 is 1.24 bits per heavy atom. The standard InChI is InChI=1S/C15H21F3N2O/c1-4-20(10-14(21)19-11(2)3)9-12-5-7-13(8-6-12)15(16,17)18/h5-8,11H,4,9-10H2,1-3H3,(H,19,21). The number of halogens is 3. The van der Waals surface area contributed by atoms with Crippen LogP contribution < -0.4 is 5.32 Å². The summed E-state index contributed by atoms with van der Waals surface area (Å²) in [5, 5.41) is 2.79. The van der Waals surface area contributed by atoms with Crippen molar-refractivity contribution in [3.63, 3.8) is 0 Å². The van der Waals surface area contributed by atoms with Crippen molar-refractivity contribution < 1.29 is 18.0 Å². The molecule has 0 aliphatic carbocycles. The Kier molecular flexibility index (Phi) is 6.20. The first kappa shape index (κ1) is 17.5. The highest BCUT2D eigenvalue weighted by Gasteiger charge is 2.29. The van der Waals surface area contributed by atoms with E-state index in [9.17, 15) is 18.0 Å². The topological polar surface area (TPSA) is 32.3 Å². The van der Waals surface area contributed by atoms with Crippen molar-refractivity contribution in [2.24, 2.45) is 0 Å². The summed E-state index contributed by atoms with van der Waals surface area (Å²) in [4.78, 5) is 13.6. The molecule has 1 aromatic rings.